The SMILES string of the molecule is Fc1cnccc1CN1CCC2CCN(c3cnc4cc(Cl)ccc4n3)CC21. The largest absolute Gasteiger partial charge is 0.354 e. The van der Waals surface area contributed by atoms with E-state index in [1.165, 1.54) is 12.6 Å². The lowest BCUT2D eigenvalue weighted by Crippen LogP contribution is -2.48. The van der Waals surface area contributed by atoms with Crippen LogP contribution in [0.25, 0.3) is 11.0 Å². The van der Waals surface area contributed by atoms with Crippen LogP contribution in [0.5, 0.6) is 0 Å². The van der Waals surface area contributed by atoms with E-state index in [2.05, 4.69) is 19.8 Å². The van der Waals surface area contributed by atoms with Crippen molar-refractivity contribution in [2.45, 2.75) is 25.4 Å². The average Bonchev–Trinajstić information content (AvgIpc) is 3.11. The molecular weight excluding hydrogens is 377 g/mol. The van der Waals surface area contributed by atoms with Gasteiger partial charge in [-0.05, 0) is 49.6 Å². The zero-order valence-electron chi connectivity index (χ0n) is 15.4. The molecule has 5 rings (SSSR count). The lowest BCUT2D eigenvalue weighted by Gasteiger charge is -2.39. The van der Waals surface area contributed by atoms with Gasteiger partial charge in [0.2, 0.25) is 0 Å². The Labute approximate surface area is 168 Å². The normalized spacial score (nSPS) is 22.6. The van der Waals surface area contributed by atoms with Crippen molar-refractivity contribution in [3.8, 4) is 0 Å². The van der Waals surface area contributed by atoms with Gasteiger partial charge in [-0.1, -0.05) is 11.6 Å². The molecule has 7 heteroatoms. The fourth-order valence-electron chi connectivity index (χ4n) is 4.51. The third-order valence-corrected chi connectivity index (χ3v) is 6.26. The van der Waals surface area contributed by atoms with E-state index >= 15 is 0 Å². The predicted molar refractivity (Wildman–Crippen MR) is 108 cm³/mol. The van der Waals surface area contributed by atoms with Gasteiger partial charge in [-0.15, -0.1) is 0 Å². The minimum Gasteiger partial charge on any atom is -0.354 e. The second kappa shape index (κ2) is 7.26. The van der Waals surface area contributed by atoms with Gasteiger partial charge in [-0.25, -0.2) is 9.37 Å². The van der Waals surface area contributed by atoms with Gasteiger partial charge in [0.15, 0.2) is 0 Å². The fraction of sp³-hybridized carbons (Fsp3) is 0.381. The number of fused-ring (bicyclic) bond motifs is 2. The first-order chi connectivity index (χ1) is 13.7. The third-order valence-electron chi connectivity index (χ3n) is 6.02. The molecule has 2 fully saturated rings. The maximum absolute atomic E-state index is 14.1. The summed E-state index contributed by atoms with van der Waals surface area (Å²) in [6, 6.07) is 7.78. The van der Waals surface area contributed by atoms with E-state index in [0.717, 1.165) is 48.5 Å². The first-order valence-electron chi connectivity index (χ1n) is 9.67. The summed E-state index contributed by atoms with van der Waals surface area (Å²) >= 11 is 6.05. The second-order valence-corrected chi connectivity index (χ2v) is 8.09. The Balaban J connectivity index is 1.36. The summed E-state index contributed by atoms with van der Waals surface area (Å²) < 4.78 is 14.1. The van der Waals surface area contributed by atoms with Gasteiger partial charge in [0.1, 0.15) is 11.6 Å². The number of anilines is 1. The molecule has 28 heavy (non-hydrogen) atoms. The van der Waals surface area contributed by atoms with Crippen molar-refractivity contribution >= 4 is 28.5 Å². The first kappa shape index (κ1) is 17.8. The fourth-order valence-corrected chi connectivity index (χ4v) is 4.68. The minimum absolute atomic E-state index is 0.224. The number of pyridine rings is 1. The van der Waals surface area contributed by atoms with Crippen molar-refractivity contribution in [2.75, 3.05) is 24.5 Å². The third kappa shape index (κ3) is 3.31. The second-order valence-electron chi connectivity index (χ2n) is 7.65. The number of rotatable bonds is 3. The number of benzene rings is 1. The summed E-state index contributed by atoms with van der Waals surface area (Å²) in [7, 11) is 0. The molecule has 5 nitrogen and oxygen atoms in total. The Kier molecular flexibility index (Phi) is 4.61. The van der Waals surface area contributed by atoms with E-state index in [1.54, 1.807) is 12.3 Å². The molecule has 0 aliphatic carbocycles. The van der Waals surface area contributed by atoms with Crippen molar-refractivity contribution in [1.82, 2.24) is 19.9 Å². The van der Waals surface area contributed by atoms with E-state index < -0.39 is 0 Å². The zero-order chi connectivity index (χ0) is 19.1. The van der Waals surface area contributed by atoms with Gasteiger partial charge in [-0.2, -0.15) is 0 Å². The van der Waals surface area contributed by atoms with E-state index in [-0.39, 0.29) is 5.82 Å². The summed E-state index contributed by atoms with van der Waals surface area (Å²) in [5.74, 6) is 1.33. The lowest BCUT2D eigenvalue weighted by molar-refractivity contribution is 0.198. The van der Waals surface area contributed by atoms with E-state index in [4.69, 9.17) is 16.6 Å². The van der Waals surface area contributed by atoms with Crippen LogP contribution in [-0.2, 0) is 6.54 Å². The monoisotopic (exact) mass is 397 g/mol. The van der Waals surface area contributed by atoms with Crippen LogP contribution in [0.15, 0.2) is 42.9 Å². The average molecular weight is 398 g/mol. The van der Waals surface area contributed by atoms with Crippen LogP contribution in [0.4, 0.5) is 10.2 Å². The van der Waals surface area contributed by atoms with Crippen LogP contribution in [0.2, 0.25) is 5.02 Å². The maximum Gasteiger partial charge on any atom is 0.147 e. The molecule has 2 aliphatic heterocycles. The standard InChI is InChI=1S/C21H21ClFN5/c22-16-1-2-18-19(9-16)25-11-21(26-18)28-8-5-14-4-7-27(20(14)13-28)12-15-3-6-24-10-17(15)23/h1-3,6,9-11,14,20H,4-5,7-8,12-13H2. The number of likely N-dealkylation sites (tertiary alicyclic amines) is 1. The Morgan fingerprint density at radius 1 is 1.11 bits per heavy atom. The number of nitrogens with zero attached hydrogens (tertiary/aromatic N) is 5. The van der Waals surface area contributed by atoms with E-state index in [0.29, 0.717) is 23.5 Å². The van der Waals surface area contributed by atoms with Crippen LogP contribution >= 0.6 is 11.6 Å². The van der Waals surface area contributed by atoms with Crippen LogP contribution in [0.3, 0.4) is 0 Å². The van der Waals surface area contributed by atoms with Gasteiger partial charge in [0.05, 0.1) is 23.4 Å². The van der Waals surface area contributed by atoms with E-state index in [9.17, 15) is 4.39 Å². The molecule has 1 aromatic carbocycles. The number of hydrogen-bond donors (Lipinski definition) is 0. The highest BCUT2D eigenvalue weighted by Crippen LogP contribution is 2.34. The summed E-state index contributed by atoms with van der Waals surface area (Å²) in [6.45, 7) is 3.51. The molecule has 0 amide bonds. The van der Waals surface area contributed by atoms with Crippen molar-refractivity contribution in [3.05, 3.63) is 59.3 Å². The molecule has 144 valence electrons. The molecule has 0 bridgehead atoms. The molecule has 2 saturated heterocycles. The van der Waals surface area contributed by atoms with Crippen molar-refractivity contribution in [3.63, 3.8) is 0 Å². The molecule has 2 unspecified atom stereocenters. The Hall–Kier alpha value is -2.31. The minimum atomic E-state index is -0.224. The summed E-state index contributed by atoms with van der Waals surface area (Å²) in [6.07, 6.45) is 7.09. The number of halogens is 2. The van der Waals surface area contributed by atoms with Gasteiger partial charge in [-0.3, -0.25) is 14.9 Å². The molecule has 2 atom stereocenters. The highest BCUT2D eigenvalue weighted by atomic mass is 35.5. The highest BCUT2D eigenvalue weighted by Gasteiger charge is 2.38. The molecule has 2 aliphatic rings. The van der Waals surface area contributed by atoms with Gasteiger partial charge in [0.25, 0.3) is 0 Å². The number of hydrogen-bond acceptors (Lipinski definition) is 5. The van der Waals surface area contributed by atoms with Crippen molar-refractivity contribution < 1.29 is 4.39 Å². The number of aromatic nitrogens is 3. The molecular formula is C21H21ClFN5. The summed E-state index contributed by atoms with van der Waals surface area (Å²) in [5, 5.41) is 0.667. The highest BCUT2D eigenvalue weighted by molar-refractivity contribution is 6.31. The molecule has 0 radical (unpaired) electrons. The molecule has 3 aromatic rings. The van der Waals surface area contributed by atoms with Crippen LogP contribution < -0.4 is 4.90 Å². The van der Waals surface area contributed by atoms with Crippen LogP contribution in [-0.4, -0.2) is 45.5 Å². The molecule has 0 saturated carbocycles. The van der Waals surface area contributed by atoms with Crippen LogP contribution in [0, 0.1) is 11.7 Å². The first-order valence-corrected chi connectivity index (χ1v) is 10.0. The maximum atomic E-state index is 14.1. The molecule has 2 aromatic heterocycles. The van der Waals surface area contributed by atoms with Gasteiger partial charge < -0.3 is 4.90 Å². The van der Waals surface area contributed by atoms with Crippen molar-refractivity contribution in [2.24, 2.45) is 5.92 Å². The van der Waals surface area contributed by atoms with Gasteiger partial charge >= 0.3 is 0 Å². The summed E-state index contributed by atoms with van der Waals surface area (Å²) in [5.41, 5.74) is 2.38. The molecule has 4 heterocycles. The van der Waals surface area contributed by atoms with Crippen LogP contribution in [0.1, 0.15) is 18.4 Å². The summed E-state index contributed by atoms with van der Waals surface area (Å²) in [4.78, 5) is 17.9. The Bertz CT molecular complexity index is 1010. The quantitative estimate of drug-likeness (QED) is 0.670. The molecule has 0 N–H and O–H groups in total. The smallest absolute Gasteiger partial charge is 0.147 e. The predicted octanol–water partition coefficient (Wildman–Crippen LogP) is 3.92. The van der Waals surface area contributed by atoms with E-state index in [1.807, 2.05) is 24.4 Å². The topological polar surface area (TPSA) is 45.2 Å². The molecule has 0 spiro atoms. The zero-order valence-corrected chi connectivity index (χ0v) is 16.2. The van der Waals surface area contributed by atoms with Crippen molar-refractivity contribution in [1.29, 1.82) is 0 Å². The Morgan fingerprint density at radius 2 is 2.00 bits per heavy atom. The van der Waals surface area contributed by atoms with Gasteiger partial charge in [0, 0.05) is 42.5 Å². The lowest BCUT2D eigenvalue weighted by atomic mass is 9.92. The number of piperidine rings is 1. The Morgan fingerprint density at radius 3 is 2.89 bits per heavy atom.